The molecule has 0 aliphatic heterocycles. The van der Waals surface area contributed by atoms with Crippen LogP contribution < -0.4 is 5.43 Å². The van der Waals surface area contributed by atoms with E-state index in [1.165, 1.54) is 0 Å². The normalized spacial score (nSPS) is 11.2. The number of halogens is 1. The van der Waals surface area contributed by atoms with Gasteiger partial charge in [-0.1, -0.05) is 17.7 Å². The van der Waals surface area contributed by atoms with Crippen molar-refractivity contribution >= 4 is 43.1 Å². The van der Waals surface area contributed by atoms with Crippen molar-refractivity contribution in [2.45, 2.75) is 6.92 Å². The van der Waals surface area contributed by atoms with Gasteiger partial charge < -0.3 is 0 Å². The summed E-state index contributed by atoms with van der Waals surface area (Å²) in [5.74, 6) is 0. The van der Waals surface area contributed by atoms with Crippen LogP contribution in [0.5, 0.6) is 0 Å². The Morgan fingerprint density at radius 2 is 2.12 bits per heavy atom. The number of nitrogens with zero attached hydrogens (tertiary/aromatic N) is 1. The van der Waals surface area contributed by atoms with Gasteiger partial charge in [0.05, 0.1) is 15.8 Å². The summed E-state index contributed by atoms with van der Waals surface area (Å²) in [5, 5.41) is 1.76. The van der Waals surface area contributed by atoms with E-state index in [-0.39, 0.29) is 5.43 Å². The van der Waals surface area contributed by atoms with Crippen molar-refractivity contribution in [3.8, 4) is 0 Å². The Morgan fingerprint density at radius 1 is 1.29 bits per heavy atom. The van der Waals surface area contributed by atoms with Crippen LogP contribution in [0.25, 0.3) is 20.2 Å². The number of fused-ring (bicyclic) bond motifs is 2. The minimum Gasteiger partial charge on any atom is -0.288 e. The molecule has 0 N–H and O–H groups in total. The Hall–Kier alpha value is -1.45. The van der Waals surface area contributed by atoms with Gasteiger partial charge in [-0.2, -0.15) is 0 Å². The molecule has 17 heavy (non-hydrogen) atoms. The number of aromatic nitrogens is 1. The van der Waals surface area contributed by atoms with E-state index >= 15 is 0 Å². The third-order valence-electron chi connectivity index (χ3n) is 2.77. The van der Waals surface area contributed by atoms with Crippen molar-refractivity contribution in [3.05, 3.63) is 51.4 Å². The van der Waals surface area contributed by atoms with Crippen molar-refractivity contribution in [1.29, 1.82) is 0 Å². The van der Waals surface area contributed by atoms with E-state index in [2.05, 4.69) is 4.98 Å². The average Bonchev–Trinajstić information content (AvgIpc) is 2.34. The van der Waals surface area contributed by atoms with E-state index in [4.69, 9.17) is 11.6 Å². The number of benzene rings is 1. The fourth-order valence-corrected chi connectivity index (χ4v) is 3.33. The minimum atomic E-state index is -0.0319. The van der Waals surface area contributed by atoms with Gasteiger partial charge in [-0.25, -0.2) is 0 Å². The molecule has 0 saturated heterocycles. The summed E-state index contributed by atoms with van der Waals surface area (Å²) in [4.78, 5) is 16.3. The van der Waals surface area contributed by atoms with E-state index < -0.39 is 0 Å². The predicted octanol–water partition coefficient (Wildman–Crippen LogP) is 3.77. The fourth-order valence-electron chi connectivity index (χ4n) is 1.89. The first kappa shape index (κ1) is 10.7. The summed E-state index contributed by atoms with van der Waals surface area (Å²) >= 11 is 7.70. The van der Waals surface area contributed by atoms with Gasteiger partial charge in [0.25, 0.3) is 0 Å². The molecule has 0 aliphatic carbocycles. The van der Waals surface area contributed by atoms with Gasteiger partial charge in [0, 0.05) is 21.8 Å². The molecular weight excluding hydrogens is 254 g/mol. The van der Waals surface area contributed by atoms with Crippen LogP contribution in [0.3, 0.4) is 0 Å². The molecular formula is C13H8ClNOS. The molecule has 0 radical (unpaired) electrons. The predicted molar refractivity (Wildman–Crippen MR) is 73.1 cm³/mol. The molecule has 0 fully saturated rings. The molecule has 2 heterocycles. The number of rotatable bonds is 0. The van der Waals surface area contributed by atoms with Crippen molar-refractivity contribution < 1.29 is 0 Å². The largest absolute Gasteiger partial charge is 0.288 e. The van der Waals surface area contributed by atoms with E-state index in [1.54, 1.807) is 29.8 Å². The average molecular weight is 262 g/mol. The molecule has 3 rings (SSSR count). The van der Waals surface area contributed by atoms with Gasteiger partial charge in [-0.3, -0.25) is 9.78 Å². The zero-order valence-electron chi connectivity index (χ0n) is 9.03. The SMILES string of the molecule is Cc1ccc(Cl)c2c(=O)c3cnccc3sc12. The van der Waals surface area contributed by atoms with Gasteiger partial charge in [0.2, 0.25) is 0 Å². The zero-order valence-corrected chi connectivity index (χ0v) is 10.6. The number of pyridine rings is 1. The first-order valence-electron chi connectivity index (χ1n) is 5.14. The van der Waals surface area contributed by atoms with E-state index in [9.17, 15) is 4.79 Å². The molecule has 84 valence electrons. The molecule has 1 aromatic carbocycles. The zero-order chi connectivity index (χ0) is 12.0. The van der Waals surface area contributed by atoms with E-state index in [0.29, 0.717) is 15.8 Å². The summed E-state index contributed by atoms with van der Waals surface area (Å²) in [6.07, 6.45) is 3.30. The van der Waals surface area contributed by atoms with Gasteiger partial charge in [0.1, 0.15) is 0 Å². The molecule has 0 saturated carbocycles. The Balaban J connectivity index is 2.69. The fraction of sp³-hybridized carbons (Fsp3) is 0.0769. The second-order valence-corrected chi connectivity index (χ2v) is 5.33. The van der Waals surface area contributed by atoms with Crippen LogP contribution in [0.1, 0.15) is 5.56 Å². The van der Waals surface area contributed by atoms with Gasteiger partial charge in [-0.05, 0) is 24.6 Å². The molecule has 0 unspecified atom stereocenters. The standard InChI is InChI=1S/C13H8ClNOS/c1-7-2-3-9(14)11-12(16)8-6-15-5-4-10(8)17-13(7)11/h2-6H,1H3. The lowest BCUT2D eigenvalue weighted by Crippen LogP contribution is -2.02. The van der Waals surface area contributed by atoms with Crippen LogP contribution in [0.15, 0.2) is 35.4 Å². The third kappa shape index (κ3) is 1.54. The lowest BCUT2D eigenvalue weighted by molar-refractivity contribution is 1.37. The monoisotopic (exact) mass is 261 g/mol. The summed E-state index contributed by atoms with van der Waals surface area (Å²) in [7, 11) is 0. The van der Waals surface area contributed by atoms with Crippen molar-refractivity contribution in [2.75, 3.05) is 0 Å². The summed E-state index contributed by atoms with van der Waals surface area (Å²) in [5.41, 5.74) is 1.04. The van der Waals surface area contributed by atoms with Crippen LogP contribution in [-0.4, -0.2) is 4.98 Å². The van der Waals surface area contributed by atoms with Crippen molar-refractivity contribution in [2.24, 2.45) is 0 Å². The Kier molecular flexibility index (Phi) is 2.38. The van der Waals surface area contributed by atoms with Gasteiger partial charge in [0.15, 0.2) is 5.43 Å². The highest BCUT2D eigenvalue weighted by Gasteiger charge is 2.10. The molecule has 0 aliphatic rings. The van der Waals surface area contributed by atoms with Crippen LogP contribution in [-0.2, 0) is 0 Å². The smallest absolute Gasteiger partial charge is 0.198 e. The number of hydrogen-bond acceptors (Lipinski definition) is 3. The summed E-state index contributed by atoms with van der Waals surface area (Å²) in [6.45, 7) is 1.99. The third-order valence-corrected chi connectivity index (χ3v) is 4.39. The van der Waals surface area contributed by atoms with Crippen LogP contribution >= 0.6 is 22.9 Å². The molecule has 0 bridgehead atoms. The first-order chi connectivity index (χ1) is 8.18. The van der Waals surface area contributed by atoms with Crippen molar-refractivity contribution in [3.63, 3.8) is 0 Å². The molecule has 0 spiro atoms. The Morgan fingerprint density at radius 3 is 2.94 bits per heavy atom. The highest BCUT2D eigenvalue weighted by molar-refractivity contribution is 7.24. The topological polar surface area (TPSA) is 30.0 Å². The number of hydrogen-bond donors (Lipinski definition) is 0. The highest BCUT2D eigenvalue weighted by Crippen LogP contribution is 2.30. The quantitative estimate of drug-likeness (QED) is 0.577. The van der Waals surface area contributed by atoms with Gasteiger partial charge in [-0.15, -0.1) is 11.3 Å². The number of aryl methyl sites for hydroxylation is 1. The first-order valence-corrected chi connectivity index (χ1v) is 6.33. The lowest BCUT2D eigenvalue weighted by Gasteiger charge is -2.04. The van der Waals surface area contributed by atoms with Crippen LogP contribution in [0.2, 0.25) is 5.02 Å². The summed E-state index contributed by atoms with van der Waals surface area (Å²) in [6, 6.07) is 5.57. The maximum atomic E-state index is 12.3. The Labute approximate surface area is 106 Å². The Bertz CT molecular complexity index is 794. The second-order valence-electron chi connectivity index (χ2n) is 3.87. The van der Waals surface area contributed by atoms with Crippen LogP contribution in [0.4, 0.5) is 0 Å². The molecule has 4 heteroatoms. The second kappa shape index (κ2) is 3.79. The minimum absolute atomic E-state index is 0.0319. The molecule has 0 atom stereocenters. The van der Waals surface area contributed by atoms with E-state index in [1.807, 2.05) is 19.1 Å². The van der Waals surface area contributed by atoms with Crippen molar-refractivity contribution in [1.82, 2.24) is 4.98 Å². The lowest BCUT2D eigenvalue weighted by atomic mass is 10.1. The molecule has 0 amide bonds. The summed E-state index contributed by atoms with van der Waals surface area (Å²) < 4.78 is 1.91. The molecule has 3 aromatic rings. The molecule has 2 aromatic heterocycles. The van der Waals surface area contributed by atoms with Crippen LogP contribution in [0, 0.1) is 6.92 Å². The molecule has 2 nitrogen and oxygen atoms in total. The maximum Gasteiger partial charge on any atom is 0.198 e. The van der Waals surface area contributed by atoms with E-state index in [0.717, 1.165) is 15.0 Å². The highest BCUT2D eigenvalue weighted by atomic mass is 35.5. The maximum absolute atomic E-state index is 12.3. The van der Waals surface area contributed by atoms with Gasteiger partial charge >= 0.3 is 0 Å².